The van der Waals surface area contributed by atoms with E-state index in [0.29, 0.717) is 32.4 Å². The second kappa shape index (κ2) is 7.33. The lowest BCUT2D eigenvalue weighted by molar-refractivity contribution is -0.147. The molecule has 18 heavy (non-hydrogen) atoms. The van der Waals surface area contributed by atoms with E-state index in [1.807, 2.05) is 6.92 Å². The third-order valence-electron chi connectivity index (χ3n) is 3.20. The van der Waals surface area contributed by atoms with E-state index < -0.39 is 5.97 Å². The number of carbonyl (C=O) groups is 2. The molecular weight excluding hydrogens is 236 g/mol. The molecule has 0 saturated carbocycles. The minimum atomic E-state index is -0.956. The van der Waals surface area contributed by atoms with Crippen LogP contribution in [-0.4, -0.2) is 53.7 Å². The van der Waals surface area contributed by atoms with Crippen molar-refractivity contribution in [2.24, 2.45) is 5.73 Å². The van der Waals surface area contributed by atoms with E-state index in [4.69, 9.17) is 15.6 Å². The Hall–Kier alpha value is -1.14. The SMILES string of the molecule is CCC(N)CC(=O)N1CCC(OCC(=O)O)CC1. The fourth-order valence-corrected chi connectivity index (χ4v) is 1.96. The molecule has 104 valence electrons. The van der Waals surface area contributed by atoms with Gasteiger partial charge in [-0.2, -0.15) is 0 Å². The number of likely N-dealkylation sites (tertiary alicyclic amines) is 1. The second-order valence-electron chi connectivity index (χ2n) is 4.66. The van der Waals surface area contributed by atoms with E-state index >= 15 is 0 Å². The highest BCUT2D eigenvalue weighted by molar-refractivity contribution is 5.76. The number of nitrogens with zero attached hydrogens (tertiary/aromatic N) is 1. The Morgan fingerprint density at radius 3 is 2.56 bits per heavy atom. The largest absolute Gasteiger partial charge is 0.480 e. The minimum absolute atomic E-state index is 0.0509. The van der Waals surface area contributed by atoms with Gasteiger partial charge in [-0.3, -0.25) is 4.79 Å². The molecule has 0 aromatic carbocycles. The van der Waals surface area contributed by atoms with Crippen LogP contribution >= 0.6 is 0 Å². The minimum Gasteiger partial charge on any atom is -0.480 e. The fraction of sp³-hybridized carbons (Fsp3) is 0.833. The van der Waals surface area contributed by atoms with Crippen LogP contribution in [0.1, 0.15) is 32.6 Å². The first kappa shape index (κ1) is 14.9. The molecule has 1 aliphatic heterocycles. The van der Waals surface area contributed by atoms with Crippen LogP contribution in [0.3, 0.4) is 0 Å². The average molecular weight is 258 g/mol. The summed E-state index contributed by atoms with van der Waals surface area (Å²) in [4.78, 5) is 24.0. The zero-order valence-electron chi connectivity index (χ0n) is 10.8. The van der Waals surface area contributed by atoms with Gasteiger partial charge >= 0.3 is 5.97 Å². The summed E-state index contributed by atoms with van der Waals surface area (Å²) in [6, 6.07) is -0.0708. The van der Waals surface area contributed by atoms with Gasteiger partial charge in [0.2, 0.25) is 5.91 Å². The van der Waals surface area contributed by atoms with Crippen molar-refractivity contribution in [3.05, 3.63) is 0 Å². The number of aliphatic carboxylic acids is 1. The molecular formula is C12H22N2O4. The van der Waals surface area contributed by atoms with E-state index in [2.05, 4.69) is 0 Å². The van der Waals surface area contributed by atoms with Crippen molar-refractivity contribution in [1.29, 1.82) is 0 Å². The quantitative estimate of drug-likeness (QED) is 0.710. The highest BCUT2D eigenvalue weighted by Crippen LogP contribution is 2.15. The van der Waals surface area contributed by atoms with Crippen molar-refractivity contribution < 1.29 is 19.4 Å². The van der Waals surface area contributed by atoms with E-state index in [0.717, 1.165) is 6.42 Å². The Morgan fingerprint density at radius 1 is 1.44 bits per heavy atom. The molecule has 0 aliphatic carbocycles. The lowest BCUT2D eigenvalue weighted by Gasteiger charge is -2.32. The Kier molecular flexibility index (Phi) is 6.07. The molecule has 0 aromatic heterocycles. The van der Waals surface area contributed by atoms with E-state index in [1.165, 1.54) is 0 Å². The predicted molar refractivity (Wildman–Crippen MR) is 66.1 cm³/mol. The topological polar surface area (TPSA) is 92.9 Å². The average Bonchev–Trinajstić information content (AvgIpc) is 2.36. The molecule has 0 aromatic rings. The van der Waals surface area contributed by atoms with Crippen molar-refractivity contribution in [2.75, 3.05) is 19.7 Å². The third kappa shape index (κ3) is 5.01. The smallest absolute Gasteiger partial charge is 0.329 e. The zero-order chi connectivity index (χ0) is 13.5. The Morgan fingerprint density at radius 2 is 2.06 bits per heavy atom. The summed E-state index contributed by atoms with van der Waals surface area (Å²) in [5.74, 6) is -0.872. The normalized spacial score (nSPS) is 18.7. The molecule has 0 spiro atoms. The van der Waals surface area contributed by atoms with Crippen LogP contribution in [0.25, 0.3) is 0 Å². The molecule has 0 bridgehead atoms. The molecule has 1 unspecified atom stereocenters. The van der Waals surface area contributed by atoms with E-state index in [1.54, 1.807) is 4.90 Å². The number of hydrogen-bond donors (Lipinski definition) is 2. The molecule has 6 heteroatoms. The standard InChI is InChI=1S/C12H22N2O4/c1-2-9(13)7-11(15)14-5-3-10(4-6-14)18-8-12(16)17/h9-10H,2-8,13H2,1H3,(H,16,17). The summed E-state index contributed by atoms with van der Waals surface area (Å²) in [6.45, 7) is 2.95. The molecule has 1 fully saturated rings. The van der Waals surface area contributed by atoms with Gasteiger partial charge in [0, 0.05) is 25.6 Å². The first-order valence-electron chi connectivity index (χ1n) is 6.39. The summed E-state index contributed by atoms with van der Waals surface area (Å²) in [6.07, 6.45) is 2.52. The number of nitrogens with two attached hydrogens (primary N) is 1. The highest BCUT2D eigenvalue weighted by Gasteiger charge is 2.24. The maximum atomic E-state index is 11.9. The van der Waals surface area contributed by atoms with Crippen molar-refractivity contribution in [3.63, 3.8) is 0 Å². The number of carboxylic acids is 1. The third-order valence-corrected chi connectivity index (χ3v) is 3.20. The van der Waals surface area contributed by atoms with Gasteiger partial charge in [-0.1, -0.05) is 6.92 Å². The number of carboxylic acid groups (broad SMARTS) is 1. The van der Waals surface area contributed by atoms with E-state index in [9.17, 15) is 9.59 Å². The molecule has 0 radical (unpaired) electrons. The maximum absolute atomic E-state index is 11.9. The first-order valence-corrected chi connectivity index (χ1v) is 6.39. The summed E-state index contributed by atoms with van der Waals surface area (Å²) in [5, 5.41) is 8.51. The lowest BCUT2D eigenvalue weighted by Crippen LogP contribution is -2.43. The number of hydrogen-bond acceptors (Lipinski definition) is 4. The Labute approximate surface area is 107 Å². The number of amides is 1. The van der Waals surface area contributed by atoms with Crippen LogP contribution in [0.2, 0.25) is 0 Å². The molecule has 1 rings (SSSR count). The van der Waals surface area contributed by atoms with Gasteiger partial charge in [-0.15, -0.1) is 0 Å². The molecule has 1 atom stereocenters. The molecule has 1 aliphatic rings. The predicted octanol–water partition coefficient (Wildman–Crippen LogP) is 0.206. The van der Waals surface area contributed by atoms with Crippen LogP contribution in [-0.2, 0) is 14.3 Å². The van der Waals surface area contributed by atoms with Crippen molar-refractivity contribution >= 4 is 11.9 Å². The molecule has 6 nitrogen and oxygen atoms in total. The van der Waals surface area contributed by atoms with Crippen LogP contribution in [0.5, 0.6) is 0 Å². The summed E-state index contributed by atoms with van der Waals surface area (Å²) < 4.78 is 5.21. The van der Waals surface area contributed by atoms with Gasteiger partial charge in [0.15, 0.2) is 0 Å². The summed E-state index contributed by atoms with van der Waals surface area (Å²) in [5.41, 5.74) is 5.75. The summed E-state index contributed by atoms with van der Waals surface area (Å²) in [7, 11) is 0. The van der Waals surface area contributed by atoms with Crippen LogP contribution in [0.4, 0.5) is 0 Å². The van der Waals surface area contributed by atoms with Crippen molar-refractivity contribution in [2.45, 2.75) is 44.8 Å². The summed E-state index contributed by atoms with van der Waals surface area (Å²) >= 11 is 0. The van der Waals surface area contributed by atoms with E-state index in [-0.39, 0.29) is 24.7 Å². The molecule has 1 heterocycles. The monoisotopic (exact) mass is 258 g/mol. The number of ether oxygens (including phenoxy) is 1. The lowest BCUT2D eigenvalue weighted by atomic mass is 10.1. The number of rotatable bonds is 6. The number of carbonyl (C=O) groups excluding carboxylic acids is 1. The van der Waals surface area contributed by atoms with Crippen LogP contribution in [0, 0.1) is 0 Å². The first-order chi connectivity index (χ1) is 8.52. The Balaban J connectivity index is 2.26. The fourth-order valence-electron chi connectivity index (χ4n) is 1.96. The zero-order valence-corrected chi connectivity index (χ0v) is 10.8. The molecule has 1 saturated heterocycles. The van der Waals surface area contributed by atoms with Gasteiger partial charge in [0.25, 0.3) is 0 Å². The van der Waals surface area contributed by atoms with Crippen molar-refractivity contribution in [3.8, 4) is 0 Å². The van der Waals surface area contributed by atoms with Gasteiger partial charge in [0.05, 0.1) is 6.10 Å². The highest BCUT2D eigenvalue weighted by atomic mass is 16.5. The van der Waals surface area contributed by atoms with Gasteiger partial charge < -0.3 is 20.5 Å². The van der Waals surface area contributed by atoms with Crippen LogP contribution < -0.4 is 5.73 Å². The molecule has 3 N–H and O–H groups in total. The maximum Gasteiger partial charge on any atom is 0.329 e. The van der Waals surface area contributed by atoms with Gasteiger partial charge in [0.1, 0.15) is 6.61 Å². The second-order valence-corrected chi connectivity index (χ2v) is 4.66. The molecule has 1 amide bonds. The van der Waals surface area contributed by atoms with Crippen molar-refractivity contribution in [1.82, 2.24) is 4.90 Å². The number of piperidine rings is 1. The van der Waals surface area contributed by atoms with Gasteiger partial charge in [-0.25, -0.2) is 4.79 Å². The Bertz CT molecular complexity index is 288. The van der Waals surface area contributed by atoms with Crippen LogP contribution in [0.15, 0.2) is 0 Å². The van der Waals surface area contributed by atoms with Gasteiger partial charge in [-0.05, 0) is 19.3 Å².